The van der Waals surface area contributed by atoms with Crippen LogP contribution >= 0.6 is 0 Å². The second-order valence-electron chi connectivity index (χ2n) is 8.48. The van der Waals surface area contributed by atoms with Crippen LogP contribution in [0.5, 0.6) is 0 Å². The zero-order valence-electron chi connectivity index (χ0n) is 21.5. The first-order valence-corrected chi connectivity index (χ1v) is 12.6. The average Bonchev–Trinajstić information content (AvgIpc) is 2.86. The minimum atomic E-state index is -0.445. The summed E-state index contributed by atoms with van der Waals surface area (Å²) in [6, 6.07) is 0. The summed E-state index contributed by atoms with van der Waals surface area (Å²) in [5.74, 6) is -1.26. The van der Waals surface area contributed by atoms with E-state index < -0.39 is 11.8 Å². The summed E-state index contributed by atoms with van der Waals surface area (Å²) in [7, 11) is 0. The van der Waals surface area contributed by atoms with Gasteiger partial charge in [0.25, 0.3) is 0 Å². The Morgan fingerprint density at radius 1 is 0.583 bits per heavy atom. The third kappa shape index (κ3) is 18.0. The molecule has 210 valence electrons. The summed E-state index contributed by atoms with van der Waals surface area (Å²) in [4.78, 5) is 52.1. The Kier molecular flexibility index (Phi) is 20.5. The highest BCUT2D eigenvalue weighted by molar-refractivity contribution is 5.77. The molecule has 0 bridgehead atoms. The topological polar surface area (TPSA) is 241 Å². The molecule has 0 aromatic rings. The van der Waals surface area contributed by atoms with Gasteiger partial charge in [0.1, 0.15) is 0 Å². The van der Waals surface area contributed by atoms with Crippen LogP contribution in [0.2, 0.25) is 0 Å². The number of rotatable bonds is 23. The first kappa shape index (κ1) is 33.6. The maximum atomic E-state index is 12.1. The lowest BCUT2D eigenvalue weighted by atomic mass is 10.0. The number of carbonyl (C=O) groups is 4. The van der Waals surface area contributed by atoms with Crippen molar-refractivity contribution in [2.24, 2.45) is 34.6 Å². The van der Waals surface area contributed by atoms with Gasteiger partial charge in [0.15, 0.2) is 0 Å². The lowest BCUT2D eigenvalue weighted by Gasteiger charge is -2.29. The molecule has 0 aliphatic rings. The predicted octanol–water partition coefficient (Wildman–Crippen LogP) is -4.56. The molecule has 0 radical (unpaired) electrons. The summed E-state index contributed by atoms with van der Waals surface area (Å²) in [6.45, 7) is 5.24. The average molecular weight is 517 g/mol. The van der Waals surface area contributed by atoms with E-state index in [2.05, 4.69) is 16.0 Å². The molecule has 14 nitrogen and oxygen atoms in total. The number of hydrogen-bond acceptors (Lipinski definition) is 10. The zero-order valence-corrected chi connectivity index (χ0v) is 21.5. The van der Waals surface area contributed by atoms with Gasteiger partial charge in [-0.25, -0.2) is 0 Å². The van der Waals surface area contributed by atoms with Gasteiger partial charge in [-0.1, -0.05) is 0 Å². The van der Waals surface area contributed by atoms with Gasteiger partial charge in [-0.3, -0.25) is 19.2 Å². The molecule has 0 spiro atoms. The highest BCUT2D eigenvalue weighted by Crippen LogP contribution is 2.07. The van der Waals surface area contributed by atoms with Crippen LogP contribution < -0.4 is 44.6 Å². The van der Waals surface area contributed by atoms with Crippen LogP contribution in [0.15, 0.2) is 0 Å². The van der Waals surface area contributed by atoms with E-state index in [1.807, 2.05) is 9.80 Å². The number of amides is 4. The Labute approximate surface area is 214 Å². The molecular weight excluding hydrogens is 468 g/mol. The van der Waals surface area contributed by atoms with Gasteiger partial charge >= 0.3 is 0 Å². The van der Waals surface area contributed by atoms with Crippen molar-refractivity contribution < 1.29 is 19.2 Å². The maximum absolute atomic E-state index is 12.1. The van der Waals surface area contributed by atoms with Gasteiger partial charge in [0.2, 0.25) is 23.6 Å². The second-order valence-corrected chi connectivity index (χ2v) is 8.48. The van der Waals surface area contributed by atoms with E-state index in [4.69, 9.17) is 28.7 Å². The van der Waals surface area contributed by atoms with Crippen LogP contribution in [-0.2, 0) is 19.2 Å². The molecule has 0 aromatic heterocycles. The molecule has 4 amide bonds. The predicted molar refractivity (Wildman–Crippen MR) is 139 cm³/mol. The highest BCUT2D eigenvalue weighted by Gasteiger charge is 2.20. The molecule has 0 aliphatic heterocycles. The molecule has 0 fully saturated rings. The number of primary amides is 1. The Bertz CT molecular complexity index is 614. The molecule has 1 atom stereocenters. The molecule has 13 N–H and O–H groups in total. The first-order valence-electron chi connectivity index (χ1n) is 12.6. The molecule has 0 saturated heterocycles. The quantitative estimate of drug-likeness (QED) is 0.0646. The Hall–Kier alpha value is -2.36. The largest absolute Gasteiger partial charge is 0.369 e. The Morgan fingerprint density at radius 2 is 0.972 bits per heavy atom. The number of nitrogens with two attached hydrogens (primary N) is 5. The minimum Gasteiger partial charge on any atom is -0.369 e. The fourth-order valence-electron chi connectivity index (χ4n) is 3.43. The first-order chi connectivity index (χ1) is 17.3. The molecular formula is C22H48N10O4. The zero-order chi connectivity index (χ0) is 27.2. The highest BCUT2D eigenvalue weighted by atomic mass is 16.2. The smallest absolute Gasteiger partial charge is 0.221 e. The fraction of sp³-hybridized carbons (Fsp3) is 0.818. The minimum absolute atomic E-state index is 0.122. The van der Waals surface area contributed by atoms with Crippen molar-refractivity contribution in [3.05, 3.63) is 0 Å². The van der Waals surface area contributed by atoms with Gasteiger partial charge in [-0.15, -0.1) is 0 Å². The number of nitrogens with one attached hydrogen (secondary N) is 3. The monoisotopic (exact) mass is 516 g/mol. The molecule has 0 aromatic carbocycles. The molecule has 0 saturated carbocycles. The lowest BCUT2D eigenvalue weighted by molar-refractivity contribution is -0.124. The second kappa shape index (κ2) is 21.9. The third-order valence-corrected chi connectivity index (χ3v) is 5.49. The Balaban J connectivity index is 5.19. The van der Waals surface area contributed by atoms with E-state index in [9.17, 15) is 19.2 Å². The maximum Gasteiger partial charge on any atom is 0.221 e. The standard InChI is InChI=1S/C22H48N10O4/c23-5-1-18(22(27)36)17-32(14-4-21(35)30-11-8-26)16-15-31(12-2-19(33)28-9-6-24)13-3-20(34)29-10-7-25/h18H,1-17,23-26H2,(H2,27,36)(H,28,33)(H,29,34)(H,30,35). The molecule has 0 heterocycles. The summed E-state index contributed by atoms with van der Waals surface area (Å²) in [5.41, 5.74) is 27.5. The van der Waals surface area contributed by atoms with Crippen molar-refractivity contribution >= 4 is 23.6 Å². The van der Waals surface area contributed by atoms with Crippen molar-refractivity contribution in [2.45, 2.75) is 25.7 Å². The SMILES string of the molecule is NCCNC(=O)CCN(CCC(=O)NCCN)CCN(CCC(=O)NCCN)CC(CCN)C(N)=O. The van der Waals surface area contributed by atoms with Crippen LogP contribution in [0.25, 0.3) is 0 Å². The number of hydrogen-bond donors (Lipinski definition) is 8. The van der Waals surface area contributed by atoms with Crippen molar-refractivity contribution in [3.8, 4) is 0 Å². The van der Waals surface area contributed by atoms with Crippen molar-refractivity contribution in [1.29, 1.82) is 0 Å². The molecule has 36 heavy (non-hydrogen) atoms. The summed E-state index contributed by atoms with van der Waals surface area (Å²) in [5, 5.41) is 8.21. The van der Waals surface area contributed by atoms with Gasteiger partial charge in [0, 0.05) is 97.8 Å². The van der Waals surface area contributed by atoms with Crippen molar-refractivity contribution in [3.63, 3.8) is 0 Å². The van der Waals surface area contributed by atoms with Crippen LogP contribution in [0.1, 0.15) is 25.7 Å². The molecule has 14 heteroatoms. The Morgan fingerprint density at radius 3 is 1.33 bits per heavy atom. The van der Waals surface area contributed by atoms with E-state index in [0.29, 0.717) is 91.5 Å². The van der Waals surface area contributed by atoms with E-state index in [1.165, 1.54) is 0 Å². The normalized spacial score (nSPS) is 11.9. The number of carbonyl (C=O) groups excluding carboxylic acids is 4. The fourth-order valence-corrected chi connectivity index (χ4v) is 3.43. The van der Waals surface area contributed by atoms with Gasteiger partial charge < -0.3 is 54.4 Å². The van der Waals surface area contributed by atoms with Crippen LogP contribution in [0, 0.1) is 5.92 Å². The molecule has 0 aliphatic carbocycles. The van der Waals surface area contributed by atoms with Gasteiger partial charge in [0.05, 0.1) is 5.92 Å². The van der Waals surface area contributed by atoms with E-state index in [-0.39, 0.29) is 37.0 Å². The molecule has 0 rings (SSSR count). The molecule has 1 unspecified atom stereocenters. The number of nitrogens with zero attached hydrogens (tertiary/aromatic N) is 2. The van der Waals surface area contributed by atoms with Crippen LogP contribution in [-0.4, -0.2) is 119 Å². The van der Waals surface area contributed by atoms with Crippen molar-refractivity contribution in [1.82, 2.24) is 25.8 Å². The van der Waals surface area contributed by atoms with Crippen LogP contribution in [0.4, 0.5) is 0 Å². The van der Waals surface area contributed by atoms with Crippen molar-refractivity contribution in [2.75, 3.05) is 85.1 Å². The van der Waals surface area contributed by atoms with E-state index >= 15 is 0 Å². The third-order valence-electron chi connectivity index (χ3n) is 5.49. The van der Waals surface area contributed by atoms with Gasteiger partial charge in [-0.2, -0.15) is 0 Å². The van der Waals surface area contributed by atoms with E-state index in [1.54, 1.807) is 0 Å². The summed E-state index contributed by atoms with van der Waals surface area (Å²) in [6.07, 6.45) is 1.18. The summed E-state index contributed by atoms with van der Waals surface area (Å²) < 4.78 is 0. The van der Waals surface area contributed by atoms with Crippen LogP contribution in [0.3, 0.4) is 0 Å². The summed E-state index contributed by atoms with van der Waals surface area (Å²) >= 11 is 0. The lowest BCUT2D eigenvalue weighted by Crippen LogP contribution is -2.44. The van der Waals surface area contributed by atoms with Gasteiger partial charge in [-0.05, 0) is 13.0 Å². The van der Waals surface area contributed by atoms with E-state index in [0.717, 1.165) is 0 Å².